The van der Waals surface area contributed by atoms with E-state index in [4.69, 9.17) is 0 Å². The quantitative estimate of drug-likeness (QED) is 0.376. The second kappa shape index (κ2) is 7.75. The molecule has 0 aliphatic carbocycles. The standard InChI is InChI=1S/C18H15N3O4/c1-12(13-6-3-2-4-7-13)20-18(23)15(11-19)10-14-8-5-9-16(17(14)22)21(24)25/h2-10,12,22H,1H3,(H,20,23)/b15-10-/t12-/m0/s1. The topological polar surface area (TPSA) is 116 Å². The molecule has 1 amide bonds. The van der Waals surface area contributed by atoms with Gasteiger partial charge in [-0.1, -0.05) is 42.5 Å². The Hall–Kier alpha value is -3.66. The average molecular weight is 337 g/mol. The minimum atomic E-state index is -0.740. The molecule has 126 valence electrons. The largest absolute Gasteiger partial charge is 0.502 e. The van der Waals surface area contributed by atoms with Crippen LogP contribution < -0.4 is 5.32 Å². The third-order valence-corrected chi connectivity index (χ3v) is 3.55. The van der Waals surface area contributed by atoms with Gasteiger partial charge in [0, 0.05) is 11.6 Å². The van der Waals surface area contributed by atoms with Crippen molar-refractivity contribution in [2.45, 2.75) is 13.0 Å². The zero-order valence-electron chi connectivity index (χ0n) is 13.3. The minimum Gasteiger partial charge on any atom is -0.502 e. The first-order valence-electron chi connectivity index (χ1n) is 7.38. The van der Waals surface area contributed by atoms with E-state index in [2.05, 4.69) is 5.32 Å². The number of carbonyl (C=O) groups excluding carboxylic acids is 1. The maximum absolute atomic E-state index is 12.3. The Morgan fingerprint density at radius 2 is 1.96 bits per heavy atom. The van der Waals surface area contributed by atoms with Gasteiger partial charge in [0.25, 0.3) is 5.91 Å². The van der Waals surface area contributed by atoms with E-state index in [9.17, 15) is 25.3 Å². The molecule has 7 heteroatoms. The predicted molar refractivity (Wildman–Crippen MR) is 91.4 cm³/mol. The summed E-state index contributed by atoms with van der Waals surface area (Å²) >= 11 is 0. The summed E-state index contributed by atoms with van der Waals surface area (Å²) in [6.07, 6.45) is 1.12. The van der Waals surface area contributed by atoms with Crippen LogP contribution in [-0.2, 0) is 4.79 Å². The van der Waals surface area contributed by atoms with Crippen molar-refractivity contribution in [2.24, 2.45) is 0 Å². The third kappa shape index (κ3) is 4.20. The van der Waals surface area contributed by atoms with Crippen LogP contribution in [0.2, 0.25) is 0 Å². The number of nitro benzene ring substituents is 1. The van der Waals surface area contributed by atoms with Gasteiger partial charge in [-0.15, -0.1) is 0 Å². The van der Waals surface area contributed by atoms with E-state index in [0.29, 0.717) is 0 Å². The number of aromatic hydroxyl groups is 1. The molecule has 0 radical (unpaired) electrons. The fourth-order valence-electron chi connectivity index (χ4n) is 2.22. The van der Waals surface area contributed by atoms with Crippen LogP contribution in [0.1, 0.15) is 24.1 Å². The van der Waals surface area contributed by atoms with Crippen molar-refractivity contribution >= 4 is 17.7 Å². The van der Waals surface area contributed by atoms with Crippen LogP contribution >= 0.6 is 0 Å². The summed E-state index contributed by atoms with van der Waals surface area (Å²) in [5.74, 6) is -1.23. The van der Waals surface area contributed by atoms with E-state index in [1.54, 1.807) is 13.0 Å². The predicted octanol–water partition coefficient (Wildman–Crippen LogP) is 3.08. The fourth-order valence-corrected chi connectivity index (χ4v) is 2.22. The maximum atomic E-state index is 12.3. The van der Waals surface area contributed by atoms with Crippen molar-refractivity contribution in [3.8, 4) is 11.8 Å². The number of carbonyl (C=O) groups is 1. The Morgan fingerprint density at radius 3 is 2.56 bits per heavy atom. The Kier molecular flexibility index (Phi) is 5.48. The molecule has 0 heterocycles. The molecule has 1 atom stereocenters. The molecule has 7 nitrogen and oxygen atoms in total. The second-order valence-corrected chi connectivity index (χ2v) is 5.25. The normalized spacial score (nSPS) is 12.1. The first kappa shape index (κ1) is 17.7. The molecule has 0 aliphatic rings. The maximum Gasteiger partial charge on any atom is 0.311 e. The third-order valence-electron chi connectivity index (χ3n) is 3.55. The van der Waals surface area contributed by atoms with Crippen LogP contribution in [0.5, 0.6) is 5.75 Å². The Labute approximate surface area is 144 Å². The summed E-state index contributed by atoms with van der Waals surface area (Å²) in [4.78, 5) is 22.4. The van der Waals surface area contributed by atoms with Gasteiger partial charge in [-0.3, -0.25) is 14.9 Å². The number of phenols is 1. The molecule has 2 rings (SSSR count). The van der Waals surface area contributed by atoms with Gasteiger partial charge in [-0.2, -0.15) is 5.26 Å². The second-order valence-electron chi connectivity index (χ2n) is 5.25. The van der Waals surface area contributed by atoms with Gasteiger partial charge in [-0.25, -0.2) is 0 Å². The lowest BCUT2D eigenvalue weighted by Crippen LogP contribution is -2.27. The number of rotatable bonds is 5. The molecule has 0 bridgehead atoms. The number of nitro groups is 1. The smallest absolute Gasteiger partial charge is 0.311 e. The van der Waals surface area contributed by atoms with Crippen LogP contribution in [-0.4, -0.2) is 15.9 Å². The van der Waals surface area contributed by atoms with E-state index >= 15 is 0 Å². The van der Waals surface area contributed by atoms with E-state index < -0.39 is 22.3 Å². The SMILES string of the molecule is C[C@H](NC(=O)/C(C#N)=C\c1cccc([N+](=O)[O-])c1O)c1ccccc1. The van der Waals surface area contributed by atoms with Gasteiger partial charge in [0.05, 0.1) is 11.0 Å². The molecule has 0 saturated heterocycles. The highest BCUT2D eigenvalue weighted by Crippen LogP contribution is 2.30. The minimum absolute atomic E-state index is 0.0215. The highest BCUT2D eigenvalue weighted by atomic mass is 16.6. The zero-order chi connectivity index (χ0) is 18.4. The lowest BCUT2D eigenvalue weighted by Gasteiger charge is -2.13. The number of nitrogens with one attached hydrogen (secondary N) is 1. The Morgan fingerprint density at radius 1 is 1.28 bits per heavy atom. The molecule has 2 aromatic carbocycles. The number of hydrogen-bond donors (Lipinski definition) is 2. The van der Waals surface area contributed by atoms with Crippen molar-refractivity contribution in [3.63, 3.8) is 0 Å². The molecule has 0 spiro atoms. The van der Waals surface area contributed by atoms with Gasteiger partial charge in [0.2, 0.25) is 5.75 Å². The zero-order valence-corrected chi connectivity index (χ0v) is 13.3. The van der Waals surface area contributed by atoms with Gasteiger partial charge in [-0.05, 0) is 18.6 Å². The molecule has 0 aromatic heterocycles. The van der Waals surface area contributed by atoms with Crippen molar-refractivity contribution in [3.05, 3.63) is 75.3 Å². The van der Waals surface area contributed by atoms with Crippen molar-refractivity contribution in [2.75, 3.05) is 0 Å². The lowest BCUT2D eigenvalue weighted by molar-refractivity contribution is -0.385. The van der Waals surface area contributed by atoms with E-state index in [0.717, 1.165) is 17.7 Å². The Bertz CT molecular complexity index is 870. The van der Waals surface area contributed by atoms with Gasteiger partial charge >= 0.3 is 5.69 Å². The summed E-state index contributed by atoms with van der Waals surface area (Å²) in [7, 11) is 0. The highest BCUT2D eigenvalue weighted by Gasteiger charge is 2.18. The fraction of sp³-hybridized carbons (Fsp3) is 0.111. The summed E-state index contributed by atoms with van der Waals surface area (Å²) in [6, 6.07) is 14.5. The summed E-state index contributed by atoms with van der Waals surface area (Å²) in [5.41, 5.74) is 0.127. The molecule has 0 fully saturated rings. The van der Waals surface area contributed by atoms with E-state index in [1.807, 2.05) is 30.3 Å². The molecule has 2 aromatic rings. The van der Waals surface area contributed by atoms with Gasteiger partial charge < -0.3 is 10.4 Å². The van der Waals surface area contributed by atoms with Gasteiger partial charge in [0.15, 0.2) is 0 Å². The number of nitrogens with zero attached hydrogens (tertiary/aromatic N) is 2. The van der Waals surface area contributed by atoms with Crippen LogP contribution in [0.15, 0.2) is 54.1 Å². The monoisotopic (exact) mass is 337 g/mol. The van der Waals surface area contributed by atoms with Crippen molar-refractivity contribution in [1.82, 2.24) is 5.32 Å². The molecule has 0 unspecified atom stereocenters. The number of benzene rings is 2. The molecular weight excluding hydrogens is 322 g/mol. The Balaban J connectivity index is 2.26. The number of nitriles is 1. The van der Waals surface area contributed by atoms with Crippen molar-refractivity contribution in [1.29, 1.82) is 5.26 Å². The first-order valence-corrected chi connectivity index (χ1v) is 7.38. The number of amides is 1. The van der Waals surface area contributed by atoms with Crippen LogP contribution in [0, 0.1) is 21.4 Å². The summed E-state index contributed by atoms with van der Waals surface area (Å²) in [6.45, 7) is 1.77. The van der Waals surface area contributed by atoms with Crippen molar-refractivity contribution < 1.29 is 14.8 Å². The van der Waals surface area contributed by atoms with Crippen LogP contribution in [0.4, 0.5) is 5.69 Å². The number of hydrogen-bond acceptors (Lipinski definition) is 5. The van der Waals surface area contributed by atoms with Crippen LogP contribution in [0.25, 0.3) is 6.08 Å². The number of para-hydroxylation sites is 1. The van der Waals surface area contributed by atoms with E-state index in [1.165, 1.54) is 12.1 Å². The summed E-state index contributed by atoms with van der Waals surface area (Å²) in [5, 5.41) is 32.7. The van der Waals surface area contributed by atoms with Gasteiger partial charge in [0.1, 0.15) is 11.6 Å². The molecule has 0 aliphatic heterocycles. The molecule has 0 saturated carbocycles. The number of phenolic OH excluding ortho intramolecular Hbond substituents is 1. The van der Waals surface area contributed by atoms with E-state index in [-0.39, 0.29) is 17.2 Å². The highest BCUT2D eigenvalue weighted by molar-refractivity contribution is 6.02. The molecule has 25 heavy (non-hydrogen) atoms. The molecule has 2 N–H and O–H groups in total. The first-order chi connectivity index (χ1) is 11.9. The average Bonchev–Trinajstić information content (AvgIpc) is 2.61. The summed E-state index contributed by atoms with van der Waals surface area (Å²) < 4.78 is 0. The molecular formula is C18H15N3O4. The van der Waals surface area contributed by atoms with Crippen LogP contribution in [0.3, 0.4) is 0 Å². The lowest BCUT2D eigenvalue weighted by atomic mass is 10.1.